The van der Waals surface area contributed by atoms with Gasteiger partial charge in [-0.3, -0.25) is 18.8 Å². The van der Waals surface area contributed by atoms with Crippen molar-refractivity contribution in [2.24, 2.45) is 0 Å². The Bertz CT molecular complexity index is 722. The maximum absolute atomic E-state index is 11.9. The minimum atomic E-state index is -0.228. The molecule has 0 unspecified atom stereocenters. The molecule has 2 aromatic heterocycles. The molecule has 2 aromatic rings. The molecule has 1 N–H and O–H groups in total. The number of ether oxygens (including phenoxy) is 1. The number of nitrogens with one attached hydrogen (secondary N) is 1. The van der Waals surface area contributed by atoms with Crippen LogP contribution < -0.4 is 10.9 Å². The van der Waals surface area contributed by atoms with Crippen LogP contribution in [0.3, 0.4) is 0 Å². The molecule has 3 rings (SSSR count). The summed E-state index contributed by atoms with van der Waals surface area (Å²) in [4.78, 5) is 28.0. The zero-order chi connectivity index (χ0) is 16.8. The van der Waals surface area contributed by atoms with Gasteiger partial charge in [0.2, 0.25) is 5.91 Å². The lowest BCUT2D eigenvalue weighted by Crippen LogP contribution is -2.34. The van der Waals surface area contributed by atoms with Gasteiger partial charge in [0.1, 0.15) is 6.54 Å². The molecular formula is C16H21N5O3. The van der Waals surface area contributed by atoms with Gasteiger partial charge in [0.15, 0.2) is 0 Å². The SMILES string of the molecule is O=C(Cn1cnc(C2CC2)cc1=O)NCCOCCn1cccn1. The van der Waals surface area contributed by atoms with E-state index in [-0.39, 0.29) is 18.0 Å². The second-order valence-electron chi connectivity index (χ2n) is 5.79. The zero-order valence-electron chi connectivity index (χ0n) is 13.4. The van der Waals surface area contributed by atoms with E-state index in [0.717, 1.165) is 18.5 Å². The summed E-state index contributed by atoms with van der Waals surface area (Å²) in [5.74, 6) is 0.203. The molecule has 0 radical (unpaired) electrons. The third-order valence-electron chi connectivity index (χ3n) is 3.80. The third-order valence-corrected chi connectivity index (χ3v) is 3.80. The van der Waals surface area contributed by atoms with Crippen molar-refractivity contribution in [1.29, 1.82) is 0 Å². The van der Waals surface area contributed by atoms with Crippen molar-refractivity contribution >= 4 is 5.91 Å². The van der Waals surface area contributed by atoms with Crippen LogP contribution in [0.2, 0.25) is 0 Å². The van der Waals surface area contributed by atoms with Gasteiger partial charge in [0.25, 0.3) is 5.56 Å². The van der Waals surface area contributed by atoms with E-state index in [4.69, 9.17) is 4.74 Å². The molecule has 1 aliphatic rings. The van der Waals surface area contributed by atoms with Crippen molar-refractivity contribution in [2.75, 3.05) is 19.8 Å². The Morgan fingerprint density at radius 1 is 1.38 bits per heavy atom. The van der Waals surface area contributed by atoms with Crippen molar-refractivity contribution in [2.45, 2.75) is 31.8 Å². The molecule has 8 heteroatoms. The highest BCUT2D eigenvalue weighted by Gasteiger charge is 2.25. The van der Waals surface area contributed by atoms with Crippen LogP contribution in [-0.2, 0) is 22.6 Å². The first kappa shape index (κ1) is 16.4. The number of amides is 1. The normalized spacial score (nSPS) is 13.8. The highest BCUT2D eigenvalue weighted by Crippen LogP contribution is 2.38. The summed E-state index contributed by atoms with van der Waals surface area (Å²) < 4.78 is 8.52. The quantitative estimate of drug-likeness (QED) is 0.661. The summed E-state index contributed by atoms with van der Waals surface area (Å²) in [6, 6.07) is 3.39. The molecule has 2 heterocycles. The minimum absolute atomic E-state index is 0.0237. The molecule has 128 valence electrons. The van der Waals surface area contributed by atoms with Gasteiger partial charge in [-0.05, 0) is 18.9 Å². The van der Waals surface area contributed by atoms with E-state index in [1.807, 2.05) is 12.3 Å². The predicted molar refractivity (Wildman–Crippen MR) is 86.5 cm³/mol. The molecule has 0 aliphatic heterocycles. The average Bonchev–Trinajstić information content (AvgIpc) is 3.29. The van der Waals surface area contributed by atoms with E-state index in [9.17, 15) is 9.59 Å². The lowest BCUT2D eigenvalue weighted by molar-refractivity contribution is -0.122. The molecule has 1 aliphatic carbocycles. The van der Waals surface area contributed by atoms with Crippen molar-refractivity contribution in [3.63, 3.8) is 0 Å². The number of nitrogens with zero attached hydrogens (tertiary/aromatic N) is 4. The van der Waals surface area contributed by atoms with Gasteiger partial charge in [0, 0.05) is 30.9 Å². The molecule has 24 heavy (non-hydrogen) atoms. The monoisotopic (exact) mass is 331 g/mol. The molecule has 0 saturated heterocycles. The third kappa shape index (κ3) is 4.76. The molecule has 0 aromatic carbocycles. The van der Waals surface area contributed by atoms with Gasteiger partial charge in [-0.2, -0.15) is 5.10 Å². The fraction of sp³-hybridized carbons (Fsp3) is 0.500. The standard InChI is InChI=1S/C16H21N5O3/c22-15(17-5-8-24-9-7-21-6-1-4-19-21)11-20-12-18-14(10-16(20)23)13-2-3-13/h1,4,6,10,12-13H,2-3,5,7-9,11H2,(H,17,22). The maximum Gasteiger partial charge on any atom is 0.254 e. The lowest BCUT2D eigenvalue weighted by Gasteiger charge is -2.08. The highest BCUT2D eigenvalue weighted by atomic mass is 16.5. The molecule has 1 fully saturated rings. The van der Waals surface area contributed by atoms with Gasteiger partial charge in [0.05, 0.1) is 31.8 Å². The Balaban J connectivity index is 1.33. The smallest absolute Gasteiger partial charge is 0.254 e. The molecule has 0 atom stereocenters. The van der Waals surface area contributed by atoms with Crippen LogP contribution in [0.1, 0.15) is 24.5 Å². The Labute approximate surface area is 139 Å². The van der Waals surface area contributed by atoms with E-state index in [0.29, 0.717) is 32.2 Å². The summed E-state index contributed by atoms with van der Waals surface area (Å²) in [6.45, 7) is 2.00. The fourth-order valence-corrected chi connectivity index (χ4v) is 2.33. The Morgan fingerprint density at radius 3 is 2.96 bits per heavy atom. The van der Waals surface area contributed by atoms with Crippen molar-refractivity contribution in [3.05, 3.63) is 46.9 Å². The van der Waals surface area contributed by atoms with Crippen LogP contribution in [0, 0.1) is 0 Å². The number of rotatable bonds is 9. The first-order valence-corrected chi connectivity index (χ1v) is 8.10. The summed E-state index contributed by atoms with van der Waals surface area (Å²) in [5.41, 5.74) is 0.653. The molecule has 8 nitrogen and oxygen atoms in total. The Kier molecular flexibility index (Phi) is 5.37. The largest absolute Gasteiger partial charge is 0.378 e. The Morgan fingerprint density at radius 2 is 2.25 bits per heavy atom. The molecular weight excluding hydrogens is 310 g/mol. The molecule has 0 spiro atoms. The van der Waals surface area contributed by atoms with Gasteiger partial charge in [-0.25, -0.2) is 4.98 Å². The summed E-state index contributed by atoms with van der Waals surface area (Å²) in [7, 11) is 0. The lowest BCUT2D eigenvalue weighted by atomic mass is 10.3. The second kappa shape index (κ2) is 7.87. The van der Waals surface area contributed by atoms with Crippen LogP contribution in [-0.4, -0.2) is 45.0 Å². The van der Waals surface area contributed by atoms with Crippen LogP contribution >= 0.6 is 0 Å². The Hall–Kier alpha value is -2.48. The van der Waals surface area contributed by atoms with Crippen LogP contribution in [0.4, 0.5) is 0 Å². The van der Waals surface area contributed by atoms with Gasteiger partial charge in [-0.15, -0.1) is 0 Å². The average molecular weight is 331 g/mol. The maximum atomic E-state index is 11.9. The first-order valence-electron chi connectivity index (χ1n) is 8.10. The van der Waals surface area contributed by atoms with E-state index < -0.39 is 0 Å². The number of hydrogen-bond donors (Lipinski definition) is 1. The number of carbonyl (C=O) groups excluding carboxylic acids is 1. The van der Waals surface area contributed by atoms with Gasteiger partial charge >= 0.3 is 0 Å². The fourth-order valence-electron chi connectivity index (χ4n) is 2.33. The summed E-state index contributed by atoms with van der Waals surface area (Å²) in [5, 5.41) is 6.79. The predicted octanol–water partition coefficient (Wildman–Crippen LogP) is 0.150. The van der Waals surface area contributed by atoms with Crippen molar-refractivity contribution in [1.82, 2.24) is 24.6 Å². The first-order chi connectivity index (χ1) is 11.7. The van der Waals surface area contributed by atoms with Crippen LogP contribution in [0.15, 0.2) is 35.6 Å². The van der Waals surface area contributed by atoms with Gasteiger partial charge < -0.3 is 10.1 Å². The summed E-state index contributed by atoms with van der Waals surface area (Å²) in [6.07, 6.45) is 7.23. The van der Waals surface area contributed by atoms with E-state index in [1.54, 1.807) is 10.9 Å². The van der Waals surface area contributed by atoms with Crippen molar-refractivity contribution in [3.8, 4) is 0 Å². The number of hydrogen-bond acceptors (Lipinski definition) is 5. The number of carbonyl (C=O) groups is 1. The summed E-state index contributed by atoms with van der Waals surface area (Å²) >= 11 is 0. The minimum Gasteiger partial charge on any atom is -0.378 e. The number of aromatic nitrogens is 4. The topological polar surface area (TPSA) is 91.0 Å². The second-order valence-corrected chi connectivity index (χ2v) is 5.79. The zero-order valence-corrected chi connectivity index (χ0v) is 13.4. The van der Waals surface area contributed by atoms with Crippen LogP contribution in [0.25, 0.3) is 0 Å². The van der Waals surface area contributed by atoms with E-state index in [1.165, 1.54) is 17.0 Å². The van der Waals surface area contributed by atoms with Crippen LogP contribution in [0.5, 0.6) is 0 Å². The molecule has 1 saturated carbocycles. The molecule has 0 bridgehead atoms. The van der Waals surface area contributed by atoms with Crippen molar-refractivity contribution < 1.29 is 9.53 Å². The van der Waals surface area contributed by atoms with E-state index >= 15 is 0 Å². The van der Waals surface area contributed by atoms with Gasteiger partial charge in [-0.1, -0.05) is 0 Å². The highest BCUT2D eigenvalue weighted by molar-refractivity contribution is 5.75. The van der Waals surface area contributed by atoms with E-state index in [2.05, 4.69) is 15.4 Å². The molecule has 1 amide bonds.